The summed E-state index contributed by atoms with van der Waals surface area (Å²) < 4.78 is 27.8. The molecule has 0 atom stereocenters. The summed E-state index contributed by atoms with van der Waals surface area (Å²) in [6.07, 6.45) is 1.05. The maximum atomic E-state index is 11.4. The summed E-state index contributed by atoms with van der Waals surface area (Å²) in [6.45, 7) is 1.86. The Labute approximate surface area is 149 Å². The molecule has 128 valence electrons. The van der Waals surface area contributed by atoms with Crippen LogP contribution in [0.3, 0.4) is 0 Å². The van der Waals surface area contributed by atoms with Crippen molar-refractivity contribution >= 4 is 10.1 Å². The molecule has 0 unspecified atom stereocenters. The lowest BCUT2D eigenvalue weighted by atomic mass is 9.84. The van der Waals surface area contributed by atoms with Crippen LogP contribution in [0.1, 0.15) is 28.2 Å². The molecule has 0 saturated heterocycles. The highest BCUT2D eigenvalue weighted by atomic mass is 32.2. The van der Waals surface area contributed by atoms with Crippen molar-refractivity contribution in [3.63, 3.8) is 0 Å². The van der Waals surface area contributed by atoms with Crippen LogP contribution in [-0.2, 0) is 10.1 Å². The molecular weight excluding hydrogens is 332 g/mol. The Kier molecular flexibility index (Phi) is 4.91. The van der Waals surface area contributed by atoms with Crippen LogP contribution in [0.25, 0.3) is 0 Å². The third-order valence-electron chi connectivity index (χ3n) is 4.04. The molecule has 4 heteroatoms. The first kappa shape index (κ1) is 17.2. The average molecular weight is 352 g/mol. The molecular formula is C21H20O3S. The van der Waals surface area contributed by atoms with Crippen LogP contribution in [0.15, 0.2) is 78.9 Å². The van der Waals surface area contributed by atoms with Gasteiger partial charge < -0.3 is 4.18 Å². The molecule has 0 aromatic heterocycles. The lowest BCUT2D eigenvalue weighted by molar-refractivity contribution is 0.491. The SMILES string of the molecule is Cc1cc(C(c2ccccc2)c2ccccc2)ccc1OS(C)(=O)=O. The number of hydrogen-bond donors (Lipinski definition) is 0. The minimum atomic E-state index is -3.54. The van der Waals surface area contributed by atoms with E-state index in [4.69, 9.17) is 4.18 Å². The van der Waals surface area contributed by atoms with Crippen LogP contribution in [0.2, 0.25) is 0 Å². The Morgan fingerprint density at radius 3 is 1.72 bits per heavy atom. The molecule has 3 nitrogen and oxygen atoms in total. The van der Waals surface area contributed by atoms with Crippen molar-refractivity contribution < 1.29 is 12.6 Å². The zero-order chi connectivity index (χ0) is 17.9. The van der Waals surface area contributed by atoms with Crippen LogP contribution in [0.4, 0.5) is 0 Å². The highest BCUT2D eigenvalue weighted by Crippen LogP contribution is 2.34. The van der Waals surface area contributed by atoms with E-state index in [1.54, 1.807) is 6.07 Å². The number of aryl methyl sites for hydroxylation is 1. The number of hydrogen-bond acceptors (Lipinski definition) is 3. The highest BCUT2D eigenvalue weighted by Gasteiger charge is 2.18. The molecule has 0 saturated carbocycles. The van der Waals surface area contributed by atoms with Crippen LogP contribution < -0.4 is 4.18 Å². The molecule has 0 aliphatic rings. The standard InChI is InChI=1S/C21H20O3S/c1-16-15-19(13-14-20(16)24-25(2,22)23)21(17-9-5-3-6-10-17)18-11-7-4-8-12-18/h3-15,21H,1-2H3. The van der Waals surface area contributed by atoms with Gasteiger partial charge >= 0.3 is 10.1 Å². The highest BCUT2D eigenvalue weighted by molar-refractivity contribution is 7.86. The Balaban J connectivity index is 2.07. The van der Waals surface area contributed by atoms with Crippen LogP contribution in [0, 0.1) is 6.92 Å². The second kappa shape index (κ2) is 7.11. The molecule has 3 rings (SSSR count). The molecule has 25 heavy (non-hydrogen) atoms. The van der Waals surface area contributed by atoms with Crippen LogP contribution in [0.5, 0.6) is 5.75 Å². The molecule has 0 fully saturated rings. The maximum Gasteiger partial charge on any atom is 0.306 e. The van der Waals surface area contributed by atoms with Gasteiger partial charge in [-0.3, -0.25) is 0 Å². The molecule has 0 heterocycles. The van der Waals surface area contributed by atoms with Gasteiger partial charge in [-0.25, -0.2) is 0 Å². The first-order valence-electron chi connectivity index (χ1n) is 8.04. The quantitative estimate of drug-likeness (QED) is 0.501. The van der Waals surface area contributed by atoms with Crippen molar-refractivity contribution in [3.8, 4) is 5.75 Å². The Hall–Kier alpha value is -2.59. The molecule has 3 aromatic carbocycles. The predicted molar refractivity (Wildman–Crippen MR) is 100 cm³/mol. The van der Waals surface area contributed by atoms with E-state index in [9.17, 15) is 8.42 Å². The van der Waals surface area contributed by atoms with E-state index in [1.807, 2.05) is 55.5 Å². The first-order valence-corrected chi connectivity index (χ1v) is 9.85. The predicted octanol–water partition coefficient (Wildman–Crippen LogP) is 4.51. The molecule has 3 aromatic rings. The third-order valence-corrected chi connectivity index (χ3v) is 4.52. The molecule has 0 radical (unpaired) electrons. The third kappa shape index (κ3) is 4.28. The van der Waals surface area contributed by atoms with Crippen molar-refractivity contribution in [1.82, 2.24) is 0 Å². The summed E-state index contributed by atoms with van der Waals surface area (Å²) >= 11 is 0. The van der Waals surface area contributed by atoms with Gasteiger partial charge in [0.25, 0.3) is 0 Å². The largest absolute Gasteiger partial charge is 0.382 e. The number of benzene rings is 3. The molecule has 0 aliphatic heterocycles. The van der Waals surface area contributed by atoms with Gasteiger partial charge in [0.15, 0.2) is 0 Å². The zero-order valence-corrected chi connectivity index (χ0v) is 15.0. The summed E-state index contributed by atoms with van der Waals surface area (Å²) in [7, 11) is -3.54. The van der Waals surface area contributed by atoms with Gasteiger partial charge in [-0.05, 0) is 35.2 Å². The second-order valence-corrected chi connectivity index (χ2v) is 7.64. The van der Waals surface area contributed by atoms with Crippen molar-refractivity contribution in [2.75, 3.05) is 6.26 Å². The summed E-state index contributed by atoms with van der Waals surface area (Å²) in [5.41, 5.74) is 4.25. The van der Waals surface area contributed by atoms with E-state index in [1.165, 1.54) is 11.1 Å². The lowest BCUT2D eigenvalue weighted by Gasteiger charge is -2.20. The summed E-state index contributed by atoms with van der Waals surface area (Å²) in [6, 6.07) is 26.2. The van der Waals surface area contributed by atoms with E-state index in [0.717, 1.165) is 17.4 Å². The van der Waals surface area contributed by atoms with Gasteiger partial charge in [0.1, 0.15) is 5.75 Å². The molecule has 0 spiro atoms. The van der Waals surface area contributed by atoms with E-state index < -0.39 is 10.1 Å². The zero-order valence-electron chi connectivity index (χ0n) is 14.2. The van der Waals surface area contributed by atoms with E-state index in [-0.39, 0.29) is 5.92 Å². The molecule has 0 N–H and O–H groups in total. The van der Waals surface area contributed by atoms with Crippen molar-refractivity contribution in [2.24, 2.45) is 0 Å². The van der Waals surface area contributed by atoms with Gasteiger partial charge in [-0.1, -0.05) is 72.8 Å². The van der Waals surface area contributed by atoms with Crippen molar-refractivity contribution in [3.05, 3.63) is 101 Å². The monoisotopic (exact) mass is 352 g/mol. The topological polar surface area (TPSA) is 43.4 Å². The lowest BCUT2D eigenvalue weighted by Crippen LogP contribution is -2.08. The van der Waals surface area contributed by atoms with Gasteiger partial charge in [0.2, 0.25) is 0 Å². The smallest absolute Gasteiger partial charge is 0.306 e. The fraction of sp³-hybridized carbons (Fsp3) is 0.143. The average Bonchev–Trinajstić information content (AvgIpc) is 2.58. The Morgan fingerprint density at radius 2 is 1.28 bits per heavy atom. The van der Waals surface area contributed by atoms with Gasteiger partial charge in [0, 0.05) is 5.92 Å². The molecule has 0 amide bonds. The summed E-state index contributed by atoms with van der Waals surface area (Å²) in [5, 5.41) is 0. The summed E-state index contributed by atoms with van der Waals surface area (Å²) in [4.78, 5) is 0. The van der Waals surface area contributed by atoms with Crippen molar-refractivity contribution in [1.29, 1.82) is 0 Å². The Bertz CT molecular complexity index is 909. The normalized spacial score (nSPS) is 11.5. The van der Waals surface area contributed by atoms with Crippen molar-refractivity contribution in [2.45, 2.75) is 12.8 Å². The van der Waals surface area contributed by atoms with Crippen LogP contribution >= 0.6 is 0 Å². The minimum absolute atomic E-state index is 0.0772. The van der Waals surface area contributed by atoms with Gasteiger partial charge in [-0.2, -0.15) is 8.42 Å². The second-order valence-electron chi connectivity index (χ2n) is 6.07. The maximum absolute atomic E-state index is 11.4. The van der Waals surface area contributed by atoms with Gasteiger partial charge in [0.05, 0.1) is 6.26 Å². The molecule has 0 bridgehead atoms. The van der Waals surface area contributed by atoms with Crippen LogP contribution in [-0.4, -0.2) is 14.7 Å². The van der Waals surface area contributed by atoms with E-state index in [0.29, 0.717) is 5.75 Å². The number of rotatable bonds is 5. The molecule has 0 aliphatic carbocycles. The minimum Gasteiger partial charge on any atom is -0.382 e. The first-order chi connectivity index (χ1) is 11.9. The Morgan fingerprint density at radius 1 is 0.760 bits per heavy atom. The van der Waals surface area contributed by atoms with E-state index in [2.05, 4.69) is 24.3 Å². The van der Waals surface area contributed by atoms with Gasteiger partial charge in [-0.15, -0.1) is 0 Å². The summed E-state index contributed by atoms with van der Waals surface area (Å²) in [5.74, 6) is 0.444. The fourth-order valence-corrected chi connectivity index (χ4v) is 3.49. The fourth-order valence-electron chi connectivity index (χ4n) is 2.98. The van der Waals surface area contributed by atoms with E-state index >= 15 is 0 Å².